The Morgan fingerprint density at radius 2 is 1.83 bits per heavy atom. The van der Waals surface area contributed by atoms with Crippen LogP contribution in [0.5, 0.6) is 0 Å². The van der Waals surface area contributed by atoms with E-state index >= 15 is 0 Å². The number of ether oxygens (including phenoxy) is 2. The van der Waals surface area contributed by atoms with Crippen molar-refractivity contribution in [3.05, 3.63) is 82.2 Å². The smallest absolute Gasteiger partial charge is 0.341 e. The lowest BCUT2D eigenvalue weighted by atomic mass is 9.99. The quantitative estimate of drug-likeness (QED) is 0.269. The Balaban J connectivity index is 1.98. The van der Waals surface area contributed by atoms with Gasteiger partial charge in [0.05, 0.1) is 20.5 Å². The van der Waals surface area contributed by atoms with Gasteiger partial charge in [-0.1, -0.05) is 54.0 Å². The molecule has 3 aromatic rings. The molecule has 6 heteroatoms. The van der Waals surface area contributed by atoms with Gasteiger partial charge in [-0.05, 0) is 47.9 Å². The van der Waals surface area contributed by atoms with E-state index in [0.29, 0.717) is 16.2 Å². The number of rotatable bonds is 7. The van der Waals surface area contributed by atoms with E-state index in [1.54, 1.807) is 0 Å². The number of hydrogen-bond acceptors (Lipinski definition) is 5. The average Bonchev–Trinajstić information content (AvgIpc) is 3.19. The van der Waals surface area contributed by atoms with E-state index in [2.05, 4.69) is 5.16 Å². The summed E-state index contributed by atoms with van der Waals surface area (Å²) in [6.07, 6.45) is 5.90. The van der Waals surface area contributed by atoms with Crippen LogP contribution in [0.4, 0.5) is 0 Å². The third-order valence-corrected chi connectivity index (χ3v) is 4.84. The Morgan fingerprint density at radius 3 is 2.50 bits per heavy atom. The van der Waals surface area contributed by atoms with Gasteiger partial charge in [0, 0.05) is 16.1 Å². The fourth-order valence-electron chi connectivity index (χ4n) is 3.13. The lowest BCUT2D eigenvalue weighted by Gasteiger charge is -2.09. The summed E-state index contributed by atoms with van der Waals surface area (Å²) in [4.78, 5) is 12.2. The van der Waals surface area contributed by atoms with Crippen molar-refractivity contribution >= 4 is 35.3 Å². The third-order valence-electron chi connectivity index (χ3n) is 4.59. The number of nitrogens with zero attached hydrogens (tertiary/aromatic N) is 1. The molecule has 30 heavy (non-hydrogen) atoms. The molecule has 0 unspecified atom stereocenters. The van der Waals surface area contributed by atoms with E-state index in [1.165, 1.54) is 20.5 Å². The van der Waals surface area contributed by atoms with E-state index in [-0.39, 0.29) is 0 Å². The van der Waals surface area contributed by atoms with Gasteiger partial charge in [0.25, 0.3) is 0 Å². The van der Waals surface area contributed by atoms with Crippen LogP contribution in [-0.2, 0) is 20.7 Å². The molecule has 0 aliphatic heterocycles. The summed E-state index contributed by atoms with van der Waals surface area (Å²) in [5.74, 6) is 0.245. The van der Waals surface area contributed by atoms with Crippen molar-refractivity contribution in [2.24, 2.45) is 0 Å². The first-order chi connectivity index (χ1) is 14.6. The van der Waals surface area contributed by atoms with E-state index in [4.69, 9.17) is 25.6 Å². The fraction of sp³-hybridized carbons (Fsp3) is 0.167. The third kappa shape index (κ3) is 4.63. The molecule has 0 atom stereocenters. The summed E-state index contributed by atoms with van der Waals surface area (Å²) in [7, 11) is 2.83. The zero-order valence-electron chi connectivity index (χ0n) is 17.0. The Morgan fingerprint density at radius 1 is 1.10 bits per heavy atom. The molecule has 0 radical (unpaired) electrons. The highest BCUT2D eigenvalue weighted by atomic mass is 35.5. The van der Waals surface area contributed by atoms with Crippen LogP contribution in [0.25, 0.3) is 29.0 Å². The molecule has 1 aromatic heterocycles. The maximum Gasteiger partial charge on any atom is 0.341 e. The first kappa shape index (κ1) is 21.4. The molecule has 0 saturated carbocycles. The minimum Gasteiger partial charge on any atom is -0.503 e. The molecule has 0 aliphatic rings. The zero-order chi connectivity index (χ0) is 21.5. The molecule has 0 aliphatic carbocycles. The van der Waals surface area contributed by atoms with Crippen LogP contribution >= 0.6 is 11.6 Å². The summed E-state index contributed by atoms with van der Waals surface area (Å²) in [6.45, 7) is 2.05. The molecule has 0 bridgehead atoms. The highest BCUT2D eigenvalue weighted by Crippen LogP contribution is 2.29. The molecular formula is C24H22ClNO4. The van der Waals surface area contributed by atoms with Crippen molar-refractivity contribution in [1.82, 2.24) is 5.16 Å². The van der Waals surface area contributed by atoms with Gasteiger partial charge >= 0.3 is 5.97 Å². The number of halogens is 1. The maximum absolute atomic E-state index is 12.2. The first-order valence-corrected chi connectivity index (χ1v) is 9.80. The molecule has 154 valence electrons. The fourth-order valence-corrected chi connectivity index (χ4v) is 3.25. The Hall–Kier alpha value is -3.31. The van der Waals surface area contributed by atoms with Gasteiger partial charge in [-0.15, -0.1) is 0 Å². The molecular weight excluding hydrogens is 402 g/mol. The van der Waals surface area contributed by atoms with Crippen LogP contribution in [0.2, 0.25) is 5.02 Å². The van der Waals surface area contributed by atoms with Gasteiger partial charge in [0.2, 0.25) is 0 Å². The molecule has 0 N–H and O–H groups in total. The van der Waals surface area contributed by atoms with Gasteiger partial charge in [-0.2, -0.15) is 0 Å². The van der Waals surface area contributed by atoms with E-state index in [0.717, 1.165) is 34.6 Å². The molecule has 0 fully saturated rings. The van der Waals surface area contributed by atoms with Gasteiger partial charge in [-0.3, -0.25) is 0 Å². The molecule has 0 spiro atoms. The molecule has 5 nitrogen and oxygen atoms in total. The van der Waals surface area contributed by atoms with E-state index in [1.807, 2.05) is 67.6 Å². The van der Waals surface area contributed by atoms with Crippen molar-refractivity contribution in [2.75, 3.05) is 14.2 Å². The predicted octanol–water partition coefficient (Wildman–Crippen LogP) is 5.89. The van der Waals surface area contributed by atoms with Crippen molar-refractivity contribution in [1.29, 1.82) is 0 Å². The Bertz CT molecular complexity index is 1080. The Kier molecular flexibility index (Phi) is 7.09. The summed E-state index contributed by atoms with van der Waals surface area (Å²) in [5.41, 5.74) is 4.49. The number of methoxy groups -OCH3 is 2. The van der Waals surface area contributed by atoms with Crippen LogP contribution < -0.4 is 0 Å². The average molecular weight is 424 g/mol. The van der Waals surface area contributed by atoms with Gasteiger partial charge in [-0.25, -0.2) is 4.79 Å². The second-order valence-corrected chi connectivity index (χ2v) is 6.85. The van der Waals surface area contributed by atoms with Crippen LogP contribution in [0.15, 0.2) is 59.3 Å². The van der Waals surface area contributed by atoms with Crippen molar-refractivity contribution in [2.45, 2.75) is 13.3 Å². The normalized spacial score (nSPS) is 11.7. The second kappa shape index (κ2) is 9.94. The van der Waals surface area contributed by atoms with Gasteiger partial charge < -0.3 is 14.0 Å². The molecule has 1 heterocycles. The second-order valence-electron chi connectivity index (χ2n) is 6.42. The van der Waals surface area contributed by atoms with E-state index in [9.17, 15) is 4.79 Å². The lowest BCUT2D eigenvalue weighted by molar-refractivity contribution is -0.133. The molecule has 0 amide bonds. The highest BCUT2D eigenvalue weighted by Gasteiger charge is 2.17. The number of esters is 1. The summed E-state index contributed by atoms with van der Waals surface area (Å²) in [6, 6.07) is 14.9. The largest absolute Gasteiger partial charge is 0.503 e. The lowest BCUT2D eigenvalue weighted by Crippen LogP contribution is -2.05. The van der Waals surface area contributed by atoms with Crippen LogP contribution in [-0.4, -0.2) is 25.3 Å². The van der Waals surface area contributed by atoms with Crippen molar-refractivity contribution in [3.63, 3.8) is 0 Å². The summed E-state index contributed by atoms with van der Waals surface area (Å²) < 4.78 is 15.6. The standard InChI is InChI=1S/C24H22ClNO4/c1-4-19-22(26-30-23(19)17-9-12-18(25)13-10-17)14-11-16-7-5-6-8-20(16)21(15-28-2)24(27)29-3/h5-15H,4H2,1-3H3. The summed E-state index contributed by atoms with van der Waals surface area (Å²) >= 11 is 5.99. The number of carbonyl (C=O) groups is 1. The van der Waals surface area contributed by atoms with Crippen molar-refractivity contribution in [3.8, 4) is 11.3 Å². The van der Waals surface area contributed by atoms with Crippen molar-refractivity contribution < 1.29 is 18.8 Å². The summed E-state index contributed by atoms with van der Waals surface area (Å²) in [5, 5.41) is 4.90. The van der Waals surface area contributed by atoms with Gasteiger partial charge in [0.15, 0.2) is 5.76 Å². The zero-order valence-corrected chi connectivity index (χ0v) is 17.8. The number of benzene rings is 2. The minimum absolute atomic E-state index is 0.331. The monoisotopic (exact) mass is 423 g/mol. The van der Waals surface area contributed by atoms with Gasteiger partial charge in [0.1, 0.15) is 11.3 Å². The highest BCUT2D eigenvalue weighted by molar-refractivity contribution is 6.30. The van der Waals surface area contributed by atoms with Crippen LogP contribution in [0, 0.1) is 0 Å². The maximum atomic E-state index is 12.2. The Labute approximate surface area is 180 Å². The van der Waals surface area contributed by atoms with Crippen LogP contribution in [0.1, 0.15) is 29.3 Å². The molecule has 0 saturated heterocycles. The minimum atomic E-state index is -0.474. The molecule has 3 rings (SSSR count). The van der Waals surface area contributed by atoms with Crippen LogP contribution in [0.3, 0.4) is 0 Å². The SMILES string of the molecule is CCc1c(C=Cc2ccccc2C(=COC)C(=O)OC)noc1-c1ccc(Cl)cc1. The predicted molar refractivity (Wildman–Crippen MR) is 119 cm³/mol. The topological polar surface area (TPSA) is 61.6 Å². The number of hydrogen-bond donors (Lipinski definition) is 0. The number of aromatic nitrogens is 1. The number of carbonyl (C=O) groups excluding carboxylic acids is 1. The molecule has 2 aromatic carbocycles. The first-order valence-electron chi connectivity index (χ1n) is 9.42. The van der Waals surface area contributed by atoms with E-state index < -0.39 is 5.97 Å².